The summed E-state index contributed by atoms with van der Waals surface area (Å²) in [4.78, 5) is 2.31. The lowest BCUT2D eigenvalue weighted by Gasteiger charge is -2.25. The van der Waals surface area contributed by atoms with Gasteiger partial charge in [0.15, 0.2) is 0 Å². The van der Waals surface area contributed by atoms with Crippen molar-refractivity contribution < 1.29 is 14.6 Å². The number of methoxy groups -OCH3 is 1. The molecule has 1 aromatic heterocycles. The number of benzene rings is 2. The molecule has 0 aliphatic heterocycles. The van der Waals surface area contributed by atoms with Crippen molar-refractivity contribution in [1.29, 1.82) is 0 Å². The average Bonchev–Trinajstić information content (AvgIpc) is 3.13. The molecule has 1 N–H and O–H groups in total. The van der Waals surface area contributed by atoms with Crippen molar-refractivity contribution in [2.75, 3.05) is 20.2 Å². The van der Waals surface area contributed by atoms with Crippen LogP contribution in [0.5, 0.6) is 17.4 Å². The molecule has 178 valence electrons. The normalized spacial score (nSPS) is 12.2. The fourth-order valence-corrected chi connectivity index (χ4v) is 4.01. The SMILES string of the molecule is CCCC[C@@H](O)CN(CCC)Cc1c(-c2ccccc2)nn(C)c1Oc1ccc(OC)cc1. The molecule has 6 nitrogen and oxygen atoms in total. The van der Waals surface area contributed by atoms with E-state index >= 15 is 0 Å². The second kappa shape index (κ2) is 12.4. The molecule has 0 saturated carbocycles. The smallest absolute Gasteiger partial charge is 0.222 e. The minimum atomic E-state index is -0.334. The van der Waals surface area contributed by atoms with Gasteiger partial charge in [-0.15, -0.1) is 0 Å². The Hall–Kier alpha value is -2.83. The van der Waals surface area contributed by atoms with Gasteiger partial charge >= 0.3 is 0 Å². The topological polar surface area (TPSA) is 59.8 Å². The van der Waals surface area contributed by atoms with E-state index in [9.17, 15) is 5.11 Å². The molecule has 0 fully saturated rings. The summed E-state index contributed by atoms with van der Waals surface area (Å²) < 4.78 is 13.4. The van der Waals surface area contributed by atoms with Crippen molar-refractivity contribution in [2.24, 2.45) is 7.05 Å². The van der Waals surface area contributed by atoms with E-state index in [0.29, 0.717) is 19.0 Å². The number of aliphatic hydroxyl groups excluding tert-OH is 1. The van der Waals surface area contributed by atoms with Crippen LogP contribution < -0.4 is 9.47 Å². The van der Waals surface area contributed by atoms with Gasteiger partial charge in [0.1, 0.15) is 17.2 Å². The number of hydrogen-bond acceptors (Lipinski definition) is 5. The van der Waals surface area contributed by atoms with Gasteiger partial charge in [-0.25, -0.2) is 4.68 Å². The molecule has 3 rings (SSSR count). The van der Waals surface area contributed by atoms with E-state index in [0.717, 1.165) is 60.5 Å². The van der Waals surface area contributed by atoms with Crippen LogP contribution >= 0.6 is 0 Å². The molecule has 0 bridgehead atoms. The molecule has 6 heteroatoms. The van der Waals surface area contributed by atoms with Crippen molar-refractivity contribution in [1.82, 2.24) is 14.7 Å². The van der Waals surface area contributed by atoms with Gasteiger partial charge < -0.3 is 14.6 Å². The summed E-state index contributed by atoms with van der Waals surface area (Å²) in [5.41, 5.74) is 2.98. The standard InChI is InChI=1S/C27H37N3O3/c1-5-7-13-22(31)19-30(18-6-2)20-25-26(21-11-9-8-10-12-21)28-29(3)27(25)33-24-16-14-23(32-4)15-17-24/h8-12,14-17,22,31H,5-7,13,18-20H2,1-4H3/t22-/m1/s1. The number of hydrogen-bond donors (Lipinski definition) is 1. The van der Waals surface area contributed by atoms with Gasteiger partial charge in [0.2, 0.25) is 5.88 Å². The quantitative estimate of drug-likeness (QED) is 0.364. The second-order valence-corrected chi connectivity index (χ2v) is 8.43. The van der Waals surface area contributed by atoms with E-state index in [1.165, 1.54) is 0 Å². The Morgan fingerprint density at radius 2 is 1.70 bits per heavy atom. The molecule has 0 spiro atoms. The van der Waals surface area contributed by atoms with Crippen LogP contribution in [0.4, 0.5) is 0 Å². The van der Waals surface area contributed by atoms with Crippen molar-refractivity contribution in [3.63, 3.8) is 0 Å². The number of rotatable bonds is 13. The highest BCUT2D eigenvalue weighted by molar-refractivity contribution is 5.65. The zero-order chi connectivity index (χ0) is 23.6. The van der Waals surface area contributed by atoms with Crippen molar-refractivity contribution in [3.8, 4) is 28.6 Å². The van der Waals surface area contributed by atoms with Crippen LogP contribution in [0.15, 0.2) is 54.6 Å². The van der Waals surface area contributed by atoms with Gasteiger partial charge in [-0.05, 0) is 43.7 Å². The summed E-state index contributed by atoms with van der Waals surface area (Å²) in [5, 5.41) is 15.4. The van der Waals surface area contributed by atoms with Gasteiger partial charge in [-0.3, -0.25) is 4.90 Å². The van der Waals surface area contributed by atoms with Gasteiger partial charge in [-0.2, -0.15) is 5.10 Å². The van der Waals surface area contributed by atoms with Crippen LogP contribution in [-0.4, -0.2) is 46.1 Å². The Bertz CT molecular complexity index is 970. The van der Waals surface area contributed by atoms with Gasteiger partial charge in [0, 0.05) is 25.7 Å². The van der Waals surface area contributed by atoms with Crippen LogP contribution in [0.25, 0.3) is 11.3 Å². The molecular formula is C27H37N3O3. The zero-order valence-corrected chi connectivity index (χ0v) is 20.3. The highest BCUT2D eigenvalue weighted by Gasteiger charge is 2.23. The molecule has 0 saturated heterocycles. The highest BCUT2D eigenvalue weighted by atomic mass is 16.5. The first kappa shape index (κ1) is 24.8. The molecule has 0 radical (unpaired) electrons. The first-order valence-corrected chi connectivity index (χ1v) is 11.9. The van der Waals surface area contributed by atoms with Crippen molar-refractivity contribution >= 4 is 0 Å². The molecule has 0 aliphatic carbocycles. The maximum atomic E-state index is 10.6. The van der Waals surface area contributed by atoms with E-state index in [1.807, 2.05) is 49.5 Å². The second-order valence-electron chi connectivity index (χ2n) is 8.43. The number of ether oxygens (including phenoxy) is 2. The summed E-state index contributed by atoms with van der Waals surface area (Å²) in [6, 6.07) is 17.8. The van der Waals surface area contributed by atoms with Crippen LogP contribution in [0.2, 0.25) is 0 Å². The molecule has 0 amide bonds. The van der Waals surface area contributed by atoms with E-state index in [2.05, 4.69) is 30.9 Å². The maximum Gasteiger partial charge on any atom is 0.222 e. The third-order valence-electron chi connectivity index (χ3n) is 5.69. The Morgan fingerprint density at radius 1 is 1.00 bits per heavy atom. The van der Waals surface area contributed by atoms with Gasteiger partial charge in [0.05, 0.1) is 18.8 Å². The molecule has 1 heterocycles. The fraction of sp³-hybridized carbons (Fsp3) is 0.444. The lowest BCUT2D eigenvalue weighted by atomic mass is 10.1. The zero-order valence-electron chi connectivity index (χ0n) is 20.3. The molecule has 0 unspecified atom stereocenters. The van der Waals surface area contributed by atoms with E-state index in [1.54, 1.807) is 11.8 Å². The molecule has 33 heavy (non-hydrogen) atoms. The Morgan fingerprint density at radius 3 is 2.33 bits per heavy atom. The largest absolute Gasteiger partial charge is 0.497 e. The summed E-state index contributed by atoms with van der Waals surface area (Å²) >= 11 is 0. The van der Waals surface area contributed by atoms with Crippen LogP contribution in [-0.2, 0) is 13.6 Å². The Kier molecular flexibility index (Phi) is 9.34. The van der Waals surface area contributed by atoms with E-state index in [-0.39, 0.29) is 6.10 Å². The van der Waals surface area contributed by atoms with Gasteiger partial charge in [0.25, 0.3) is 0 Å². The highest BCUT2D eigenvalue weighted by Crippen LogP contribution is 2.34. The van der Waals surface area contributed by atoms with Crippen LogP contribution in [0.1, 0.15) is 45.1 Å². The third kappa shape index (κ3) is 6.83. The van der Waals surface area contributed by atoms with E-state index < -0.39 is 0 Å². The molecular weight excluding hydrogens is 414 g/mol. The predicted molar refractivity (Wildman–Crippen MR) is 133 cm³/mol. The number of aromatic nitrogens is 2. The third-order valence-corrected chi connectivity index (χ3v) is 5.69. The lowest BCUT2D eigenvalue weighted by molar-refractivity contribution is 0.0992. The minimum Gasteiger partial charge on any atom is -0.497 e. The average molecular weight is 452 g/mol. The molecule has 0 aliphatic rings. The first-order chi connectivity index (χ1) is 16.0. The monoisotopic (exact) mass is 451 g/mol. The van der Waals surface area contributed by atoms with Crippen LogP contribution in [0.3, 0.4) is 0 Å². The van der Waals surface area contributed by atoms with Crippen LogP contribution in [0, 0.1) is 0 Å². The van der Waals surface area contributed by atoms with E-state index in [4.69, 9.17) is 14.6 Å². The number of aliphatic hydroxyl groups is 1. The Balaban J connectivity index is 1.94. The summed E-state index contributed by atoms with van der Waals surface area (Å²) in [5.74, 6) is 2.22. The predicted octanol–water partition coefficient (Wildman–Crippen LogP) is 5.65. The van der Waals surface area contributed by atoms with Gasteiger partial charge in [-0.1, -0.05) is 57.0 Å². The maximum absolute atomic E-state index is 10.6. The minimum absolute atomic E-state index is 0.334. The number of aryl methyl sites for hydroxylation is 1. The molecule has 2 aromatic carbocycles. The summed E-state index contributed by atoms with van der Waals surface area (Å²) in [6.07, 6.45) is 3.63. The molecule has 1 atom stereocenters. The van der Waals surface area contributed by atoms with Crippen molar-refractivity contribution in [2.45, 2.75) is 52.2 Å². The number of unbranched alkanes of at least 4 members (excludes halogenated alkanes) is 1. The summed E-state index contributed by atoms with van der Waals surface area (Å²) in [6.45, 7) is 6.51. The first-order valence-electron chi connectivity index (χ1n) is 11.9. The number of nitrogens with zero attached hydrogens (tertiary/aromatic N) is 3. The Labute approximate surface area is 197 Å². The lowest BCUT2D eigenvalue weighted by Crippen LogP contribution is -2.33. The fourth-order valence-electron chi connectivity index (χ4n) is 4.01. The molecule has 3 aromatic rings. The summed E-state index contributed by atoms with van der Waals surface area (Å²) in [7, 11) is 3.56. The van der Waals surface area contributed by atoms with Crippen molar-refractivity contribution in [3.05, 3.63) is 60.2 Å².